The van der Waals surface area contributed by atoms with Gasteiger partial charge in [0, 0.05) is 30.8 Å². The molecule has 2 aromatic rings. The zero-order valence-corrected chi connectivity index (χ0v) is 18.8. The van der Waals surface area contributed by atoms with Crippen LogP contribution in [-0.2, 0) is 15.7 Å². The number of cyclic esters (lactones) is 1. The van der Waals surface area contributed by atoms with Gasteiger partial charge >= 0.3 is 6.09 Å². The maximum Gasteiger partial charge on any atom is 0.410 e. The number of rotatable bonds is 7. The second-order valence-corrected chi connectivity index (χ2v) is 8.63. The van der Waals surface area contributed by atoms with Crippen molar-refractivity contribution in [2.24, 2.45) is 0 Å². The van der Waals surface area contributed by atoms with Gasteiger partial charge in [-0.2, -0.15) is 0 Å². The quantitative estimate of drug-likeness (QED) is 0.592. The molecule has 0 aromatic heterocycles. The molecule has 1 amide bonds. The Morgan fingerprint density at radius 2 is 1.90 bits per heavy atom. The van der Waals surface area contributed by atoms with E-state index in [-0.39, 0.29) is 24.1 Å². The van der Waals surface area contributed by atoms with E-state index in [2.05, 4.69) is 4.72 Å². The Morgan fingerprint density at radius 3 is 2.43 bits per heavy atom. The van der Waals surface area contributed by atoms with Crippen molar-refractivity contribution in [1.29, 1.82) is 0 Å². The molecule has 0 bridgehead atoms. The summed E-state index contributed by atoms with van der Waals surface area (Å²) in [6.07, 6.45) is 3.73. The van der Waals surface area contributed by atoms with Crippen LogP contribution in [0.2, 0.25) is 5.02 Å². The van der Waals surface area contributed by atoms with Gasteiger partial charge in [-0.1, -0.05) is 41.9 Å². The van der Waals surface area contributed by atoms with Crippen LogP contribution in [-0.4, -0.2) is 40.7 Å². The SMILES string of the molecule is CC(c1ccc(Cl)cc1)N1CCC(CCCNS(C)=O)OC1=O.Fc1ccccc1. The van der Waals surface area contributed by atoms with Crippen molar-refractivity contribution in [3.05, 3.63) is 71.0 Å². The molecule has 2 aromatic carbocycles. The molecule has 3 atom stereocenters. The molecular weight excluding hydrogens is 427 g/mol. The number of halogens is 2. The lowest BCUT2D eigenvalue weighted by molar-refractivity contribution is 0.00942. The van der Waals surface area contributed by atoms with Crippen molar-refractivity contribution in [2.45, 2.75) is 38.3 Å². The number of ether oxygens (including phenoxy) is 1. The van der Waals surface area contributed by atoms with Crippen molar-refractivity contribution in [3.63, 3.8) is 0 Å². The highest BCUT2D eigenvalue weighted by Crippen LogP contribution is 2.27. The fraction of sp³-hybridized carbons (Fsp3) is 0.409. The summed E-state index contributed by atoms with van der Waals surface area (Å²) in [6.45, 7) is 3.34. The van der Waals surface area contributed by atoms with Gasteiger partial charge in [-0.3, -0.25) is 0 Å². The molecular formula is C22H28ClFN2O3S. The predicted octanol–water partition coefficient (Wildman–Crippen LogP) is 5.10. The summed E-state index contributed by atoms with van der Waals surface area (Å²) in [4.78, 5) is 14.0. The van der Waals surface area contributed by atoms with E-state index in [4.69, 9.17) is 16.3 Å². The third kappa shape index (κ3) is 8.42. The number of amides is 1. The Balaban J connectivity index is 0.000000386. The van der Waals surface area contributed by atoms with Crippen LogP contribution >= 0.6 is 11.6 Å². The molecule has 1 N–H and O–H groups in total. The van der Waals surface area contributed by atoms with Crippen LogP contribution in [0.15, 0.2) is 54.6 Å². The lowest BCUT2D eigenvalue weighted by Gasteiger charge is -2.36. The largest absolute Gasteiger partial charge is 0.446 e. The molecule has 0 spiro atoms. The van der Waals surface area contributed by atoms with Crippen LogP contribution in [0.25, 0.3) is 0 Å². The molecule has 164 valence electrons. The van der Waals surface area contributed by atoms with E-state index in [1.54, 1.807) is 29.4 Å². The first kappa shape index (κ1) is 24.3. The van der Waals surface area contributed by atoms with Crippen molar-refractivity contribution in [2.75, 3.05) is 19.3 Å². The smallest absolute Gasteiger partial charge is 0.410 e. The van der Waals surface area contributed by atoms with E-state index in [1.807, 2.05) is 31.2 Å². The van der Waals surface area contributed by atoms with Crippen LogP contribution in [0, 0.1) is 5.82 Å². The highest BCUT2D eigenvalue weighted by atomic mass is 35.5. The minimum absolute atomic E-state index is 0.0371. The number of carbonyl (C=O) groups is 1. The molecule has 1 heterocycles. The van der Waals surface area contributed by atoms with Crippen LogP contribution in [0.4, 0.5) is 9.18 Å². The highest BCUT2D eigenvalue weighted by Gasteiger charge is 2.30. The van der Waals surface area contributed by atoms with E-state index < -0.39 is 11.0 Å². The number of hydrogen-bond donors (Lipinski definition) is 1. The maximum absolute atomic E-state index is 12.2. The van der Waals surface area contributed by atoms with E-state index in [0.717, 1.165) is 24.8 Å². The minimum atomic E-state index is -0.989. The normalized spacial score (nSPS) is 18.1. The molecule has 1 aliphatic rings. The van der Waals surface area contributed by atoms with Crippen molar-refractivity contribution < 1.29 is 18.1 Å². The first-order chi connectivity index (χ1) is 14.4. The van der Waals surface area contributed by atoms with E-state index >= 15 is 0 Å². The Hall–Kier alpha value is -1.96. The monoisotopic (exact) mass is 454 g/mol. The third-order valence-corrected chi connectivity index (χ3v) is 5.62. The molecule has 1 saturated heterocycles. The first-order valence-electron chi connectivity index (χ1n) is 9.87. The average Bonchev–Trinajstić information content (AvgIpc) is 2.72. The lowest BCUT2D eigenvalue weighted by atomic mass is 10.0. The van der Waals surface area contributed by atoms with Gasteiger partial charge < -0.3 is 9.64 Å². The van der Waals surface area contributed by atoms with Crippen LogP contribution in [0.5, 0.6) is 0 Å². The van der Waals surface area contributed by atoms with E-state index in [0.29, 0.717) is 18.1 Å². The Kier molecular flexibility index (Phi) is 10.3. The molecule has 5 nitrogen and oxygen atoms in total. The van der Waals surface area contributed by atoms with Crippen LogP contribution in [0.1, 0.15) is 37.8 Å². The summed E-state index contributed by atoms with van der Waals surface area (Å²) in [7, 11) is -0.989. The number of nitrogens with zero attached hydrogens (tertiary/aromatic N) is 1. The molecule has 0 saturated carbocycles. The van der Waals surface area contributed by atoms with Crippen molar-refractivity contribution in [3.8, 4) is 0 Å². The summed E-state index contributed by atoms with van der Waals surface area (Å²) in [5, 5.41) is 0.684. The zero-order valence-electron chi connectivity index (χ0n) is 17.2. The lowest BCUT2D eigenvalue weighted by Crippen LogP contribution is -2.43. The Morgan fingerprint density at radius 1 is 1.23 bits per heavy atom. The van der Waals surface area contributed by atoms with Gasteiger partial charge in [-0.15, -0.1) is 0 Å². The molecule has 0 aliphatic carbocycles. The van der Waals surface area contributed by atoms with Crippen molar-refractivity contribution in [1.82, 2.24) is 9.62 Å². The summed E-state index contributed by atoms with van der Waals surface area (Å²) in [6, 6.07) is 15.4. The maximum atomic E-state index is 12.2. The predicted molar refractivity (Wildman–Crippen MR) is 119 cm³/mol. The molecule has 1 fully saturated rings. The first-order valence-corrected chi connectivity index (χ1v) is 11.8. The molecule has 3 rings (SSSR count). The number of carbonyl (C=O) groups excluding carboxylic acids is 1. The van der Waals surface area contributed by atoms with Gasteiger partial charge in [-0.25, -0.2) is 18.1 Å². The second kappa shape index (κ2) is 12.7. The summed E-state index contributed by atoms with van der Waals surface area (Å²) < 4.78 is 31.2. The fourth-order valence-electron chi connectivity index (χ4n) is 3.08. The van der Waals surface area contributed by atoms with Gasteiger partial charge in [0.2, 0.25) is 0 Å². The summed E-state index contributed by atoms with van der Waals surface area (Å²) in [5.74, 6) is -0.178. The van der Waals surface area contributed by atoms with Gasteiger partial charge in [0.25, 0.3) is 0 Å². The van der Waals surface area contributed by atoms with Crippen LogP contribution in [0.3, 0.4) is 0 Å². The Labute approximate surface area is 185 Å². The molecule has 0 radical (unpaired) electrons. The Bertz CT molecular complexity index is 808. The minimum Gasteiger partial charge on any atom is -0.446 e. The number of benzene rings is 2. The molecule has 8 heteroatoms. The molecule has 3 unspecified atom stereocenters. The van der Waals surface area contributed by atoms with Crippen LogP contribution < -0.4 is 4.72 Å². The summed E-state index contributed by atoms with van der Waals surface area (Å²) in [5.41, 5.74) is 1.04. The van der Waals surface area contributed by atoms with E-state index in [9.17, 15) is 13.4 Å². The van der Waals surface area contributed by atoms with Gasteiger partial charge in [0.05, 0.1) is 17.0 Å². The number of nitrogens with one attached hydrogen (secondary N) is 1. The fourth-order valence-corrected chi connectivity index (χ4v) is 3.64. The van der Waals surface area contributed by atoms with Gasteiger partial charge in [0.1, 0.15) is 11.9 Å². The number of hydrogen-bond acceptors (Lipinski definition) is 3. The second-order valence-electron chi connectivity index (χ2n) is 7.00. The summed E-state index contributed by atoms with van der Waals surface area (Å²) >= 11 is 5.90. The standard InChI is InChI=1S/C16H23ClN2O3S.C6H5F/c1-12(13-5-7-14(17)8-6-13)19-11-9-15(22-16(19)20)4-3-10-18-23(2)21;7-6-4-2-1-3-5-6/h5-8,12,15,18H,3-4,9-11H2,1-2H3;1-5H. The van der Waals surface area contributed by atoms with Gasteiger partial charge in [0.15, 0.2) is 0 Å². The topological polar surface area (TPSA) is 58.6 Å². The molecule has 1 aliphatic heterocycles. The third-order valence-electron chi connectivity index (χ3n) is 4.76. The average molecular weight is 455 g/mol. The molecule has 30 heavy (non-hydrogen) atoms. The highest BCUT2D eigenvalue weighted by molar-refractivity contribution is 7.82. The zero-order chi connectivity index (χ0) is 21.9. The van der Waals surface area contributed by atoms with Gasteiger partial charge in [-0.05, 0) is 49.6 Å². The van der Waals surface area contributed by atoms with Crippen molar-refractivity contribution >= 4 is 28.7 Å². The van der Waals surface area contributed by atoms with E-state index in [1.165, 1.54) is 12.1 Å².